The molecule has 0 radical (unpaired) electrons. The molecule has 0 aromatic heterocycles. The van der Waals surface area contributed by atoms with Gasteiger partial charge in [0.2, 0.25) is 5.91 Å². The van der Waals surface area contributed by atoms with Gasteiger partial charge >= 0.3 is 0 Å². The number of hydrogen-bond donors (Lipinski definition) is 1. The fourth-order valence-corrected chi connectivity index (χ4v) is 4.11. The lowest BCUT2D eigenvalue weighted by Crippen LogP contribution is -2.46. The predicted octanol–water partition coefficient (Wildman–Crippen LogP) is 3.93. The van der Waals surface area contributed by atoms with Crippen molar-refractivity contribution < 1.29 is 4.79 Å². The molecule has 2 aliphatic rings. The molecule has 2 fully saturated rings. The Bertz CT molecular complexity index is 334. The van der Waals surface area contributed by atoms with Crippen LogP contribution in [-0.2, 0) is 4.79 Å². The highest BCUT2D eigenvalue weighted by atomic mass is 16.2. The first-order chi connectivity index (χ1) is 10.1. The monoisotopic (exact) mass is 294 g/mol. The molecule has 0 spiro atoms. The zero-order chi connectivity index (χ0) is 15.4. The number of carbonyl (C=O) groups is 1. The van der Waals surface area contributed by atoms with Crippen LogP contribution in [0.15, 0.2) is 0 Å². The Morgan fingerprint density at radius 3 is 2.38 bits per heavy atom. The Labute approximate surface area is 130 Å². The Kier molecular flexibility index (Phi) is 6.09. The molecule has 21 heavy (non-hydrogen) atoms. The van der Waals surface area contributed by atoms with Crippen molar-refractivity contribution >= 4 is 5.91 Å². The summed E-state index contributed by atoms with van der Waals surface area (Å²) < 4.78 is 0. The highest BCUT2D eigenvalue weighted by Gasteiger charge is 2.42. The molecule has 3 nitrogen and oxygen atoms in total. The molecule has 122 valence electrons. The van der Waals surface area contributed by atoms with Crippen LogP contribution in [0.2, 0.25) is 0 Å². The molecule has 1 aliphatic carbocycles. The number of amides is 1. The first kappa shape index (κ1) is 16.8. The minimum absolute atomic E-state index is 0.0719. The molecular weight excluding hydrogens is 260 g/mol. The van der Waals surface area contributed by atoms with E-state index >= 15 is 0 Å². The fourth-order valence-electron chi connectivity index (χ4n) is 4.11. The van der Waals surface area contributed by atoms with Gasteiger partial charge in [-0.05, 0) is 50.4 Å². The van der Waals surface area contributed by atoms with Gasteiger partial charge in [0.15, 0.2) is 0 Å². The van der Waals surface area contributed by atoms with Crippen LogP contribution in [0.25, 0.3) is 0 Å². The molecule has 1 saturated carbocycles. The van der Waals surface area contributed by atoms with Crippen molar-refractivity contribution in [1.29, 1.82) is 0 Å². The van der Waals surface area contributed by atoms with Crippen LogP contribution >= 0.6 is 0 Å². The number of nitrogens with one attached hydrogen (secondary N) is 1. The Balaban J connectivity index is 2.04. The van der Waals surface area contributed by atoms with Crippen LogP contribution in [0.5, 0.6) is 0 Å². The lowest BCUT2D eigenvalue weighted by atomic mass is 9.83. The molecule has 2 unspecified atom stereocenters. The molecule has 0 aromatic rings. The highest BCUT2D eigenvalue weighted by molar-refractivity contribution is 5.84. The maximum Gasteiger partial charge on any atom is 0.241 e. The summed E-state index contributed by atoms with van der Waals surface area (Å²) >= 11 is 0. The van der Waals surface area contributed by atoms with Crippen molar-refractivity contribution in [2.45, 2.75) is 97.3 Å². The minimum Gasteiger partial charge on any atom is -0.323 e. The van der Waals surface area contributed by atoms with E-state index in [9.17, 15) is 4.79 Å². The van der Waals surface area contributed by atoms with Crippen molar-refractivity contribution in [1.82, 2.24) is 10.2 Å². The van der Waals surface area contributed by atoms with Gasteiger partial charge in [-0.2, -0.15) is 0 Å². The third kappa shape index (κ3) is 4.00. The van der Waals surface area contributed by atoms with Gasteiger partial charge < -0.3 is 4.90 Å². The van der Waals surface area contributed by atoms with Crippen LogP contribution in [0.1, 0.15) is 79.1 Å². The second-order valence-electron chi connectivity index (χ2n) is 7.48. The average molecular weight is 294 g/mol. The number of hydrogen-bond acceptors (Lipinski definition) is 2. The van der Waals surface area contributed by atoms with E-state index < -0.39 is 0 Å². The zero-order valence-corrected chi connectivity index (χ0v) is 14.4. The lowest BCUT2D eigenvalue weighted by Gasteiger charge is -2.38. The van der Waals surface area contributed by atoms with Crippen molar-refractivity contribution in [2.24, 2.45) is 11.8 Å². The third-order valence-corrected chi connectivity index (χ3v) is 5.34. The summed E-state index contributed by atoms with van der Waals surface area (Å²) in [6.45, 7) is 8.98. The molecule has 1 N–H and O–H groups in total. The summed E-state index contributed by atoms with van der Waals surface area (Å²) in [5, 5.41) is 3.62. The molecule has 1 amide bonds. The summed E-state index contributed by atoms with van der Waals surface area (Å²) in [5.74, 6) is 1.90. The summed E-state index contributed by atoms with van der Waals surface area (Å²) in [4.78, 5) is 15.0. The van der Waals surface area contributed by atoms with Gasteiger partial charge in [0.1, 0.15) is 0 Å². The largest absolute Gasteiger partial charge is 0.323 e. The first-order valence-corrected chi connectivity index (χ1v) is 9.15. The maximum absolute atomic E-state index is 12.8. The topological polar surface area (TPSA) is 32.3 Å². The quantitative estimate of drug-likeness (QED) is 0.805. The van der Waals surface area contributed by atoms with E-state index in [-0.39, 0.29) is 12.2 Å². The van der Waals surface area contributed by atoms with Crippen molar-refractivity contribution in [3.8, 4) is 0 Å². The molecule has 2 rings (SSSR count). The molecule has 2 atom stereocenters. The van der Waals surface area contributed by atoms with Crippen LogP contribution < -0.4 is 5.32 Å². The molecule has 0 aromatic carbocycles. The highest BCUT2D eigenvalue weighted by Crippen LogP contribution is 2.33. The maximum atomic E-state index is 12.8. The minimum atomic E-state index is 0.0719. The molecule has 3 heteroatoms. The van der Waals surface area contributed by atoms with E-state index in [1.54, 1.807) is 0 Å². The second kappa shape index (κ2) is 7.62. The van der Waals surface area contributed by atoms with Crippen LogP contribution in [0, 0.1) is 11.8 Å². The van der Waals surface area contributed by atoms with Gasteiger partial charge in [-0.1, -0.05) is 40.5 Å². The SMILES string of the molecule is CCCC1NC(CC(C)C)N(C2CCC(CC)CC2)C1=O. The predicted molar refractivity (Wildman–Crippen MR) is 88.0 cm³/mol. The van der Waals surface area contributed by atoms with E-state index in [0.717, 1.165) is 25.2 Å². The lowest BCUT2D eigenvalue weighted by molar-refractivity contribution is -0.133. The van der Waals surface area contributed by atoms with E-state index in [1.165, 1.54) is 32.1 Å². The number of rotatable bonds is 6. The molecule has 1 aliphatic heterocycles. The Hall–Kier alpha value is -0.570. The first-order valence-electron chi connectivity index (χ1n) is 9.15. The average Bonchev–Trinajstić information content (AvgIpc) is 2.75. The smallest absolute Gasteiger partial charge is 0.241 e. The van der Waals surface area contributed by atoms with E-state index in [1.807, 2.05) is 0 Å². The molecule has 1 heterocycles. The van der Waals surface area contributed by atoms with Gasteiger partial charge in [0.05, 0.1) is 12.2 Å². The van der Waals surface area contributed by atoms with Gasteiger partial charge in [-0.15, -0.1) is 0 Å². The van der Waals surface area contributed by atoms with Crippen molar-refractivity contribution in [3.63, 3.8) is 0 Å². The van der Waals surface area contributed by atoms with Crippen LogP contribution in [0.4, 0.5) is 0 Å². The van der Waals surface area contributed by atoms with Gasteiger partial charge in [-0.25, -0.2) is 0 Å². The second-order valence-corrected chi connectivity index (χ2v) is 7.48. The van der Waals surface area contributed by atoms with Gasteiger partial charge in [0.25, 0.3) is 0 Å². The fraction of sp³-hybridized carbons (Fsp3) is 0.944. The van der Waals surface area contributed by atoms with E-state index in [2.05, 4.69) is 37.9 Å². The molecule has 0 bridgehead atoms. The normalized spacial score (nSPS) is 34.0. The van der Waals surface area contributed by atoms with Crippen LogP contribution in [0.3, 0.4) is 0 Å². The van der Waals surface area contributed by atoms with Crippen molar-refractivity contribution in [2.75, 3.05) is 0 Å². The van der Waals surface area contributed by atoms with E-state index in [4.69, 9.17) is 0 Å². The van der Waals surface area contributed by atoms with Crippen molar-refractivity contribution in [3.05, 3.63) is 0 Å². The van der Waals surface area contributed by atoms with Crippen LogP contribution in [-0.4, -0.2) is 29.1 Å². The summed E-state index contributed by atoms with van der Waals surface area (Å²) in [5.41, 5.74) is 0. The number of nitrogens with zero attached hydrogens (tertiary/aromatic N) is 1. The van der Waals surface area contributed by atoms with Gasteiger partial charge in [0, 0.05) is 6.04 Å². The molecular formula is C18H34N2O. The Morgan fingerprint density at radius 2 is 1.86 bits per heavy atom. The summed E-state index contributed by atoms with van der Waals surface area (Å²) in [6.07, 6.45) is 9.74. The standard InChI is InChI=1S/C18H34N2O/c1-5-7-16-18(21)20(17(19-16)12-13(3)4)15-10-8-14(6-2)9-11-15/h13-17,19H,5-12H2,1-4H3. The van der Waals surface area contributed by atoms with Gasteiger partial charge in [-0.3, -0.25) is 10.1 Å². The summed E-state index contributed by atoms with van der Waals surface area (Å²) in [7, 11) is 0. The zero-order valence-electron chi connectivity index (χ0n) is 14.4. The Morgan fingerprint density at radius 1 is 1.19 bits per heavy atom. The van der Waals surface area contributed by atoms with E-state index in [0.29, 0.717) is 17.9 Å². The third-order valence-electron chi connectivity index (χ3n) is 5.34. The molecule has 1 saturated heterocycles. The summed E-state index contributed by atoms with van der Waals surface area (Å²) in [6, 6.07) is 0.557. The number of carbonyl (C=O) groups excluding carboxylic acids is 1.